The van der Waals surface area contributed by atoms with Crippen LogP contribution in [-0.4, -0.2) is 17.0 Å². The van der Waals surface area contributed by atoms with E-state index < -0.39 is 5.97 Å². The van der Waals surface area contributed by atoms with Gasteiger partial charge in [0.2, 0.25) is 5.91 Å². The predicted octanol–water partition coefficient (Wildman–Crippen LogP) is 5.20. The van der Waals surface area contributed by atoms with Crippen molar-refractivity contribution < 1.29 is 14.7 Å². The normalized spacial score (nSPS) is 15.9. The average Bonchev–Trinajstić information content (AvgIpc) is 3.03. The third-order valence-corrected chi connectivity index (χ3v) is 6.39. The number of rotatable bonds is 3. The molecule has 0 spiro atoms. The van der Waals surface area contributed by atoms with Gasteiger partial charge in [0, 0.05) is 22.8 Å². The molecule has 0 radical (unpaired) electrons. The Morgan fingerprint density at radius 1 is 1.11 bits per heavy atom. The molecular formula is C22H19NO3S. The van der Waals surface area contributed by atoms with Gasteiger partial charge in [-0.25, -0.2) is 4.79 Å². The van der Waals surface area contributed by atoms with Crippen molar-refractivity contribution in [2.45, 2.75) is 26.2 Å². The van der Waals surface area contributed by atoms with Crippen molar-refractivity contribution in [2.24, 2.45) is 0 Å². The largest absolute Gasteiger partial charge is 0.477 e. The number of nitrogens with one attached hydrogen (secondary N) is 1. The van der Waals surface area contributed by atoms with Gasteiger partial charge in [0.05, 0.1) is 5.69 Å². The summed E-state index contributed by atoms with van der Waals surface area (Å²) in [6, 6.07) is 15.6. The molecule has 0 saturated carbocycles. The summed E-state index contributed by atoms with van der Waals surface area (Å²) in [6.07, 6.45) is 0.323. The number of aryl methyl sites for hydroxylation is 2. The summed E-state index contributed by atoms with van der Waals surface area (Å²) in [5.41, 5.74) is 5.45. The number of thiophene rings is 1. The highest BCUT2D eigenvalue weighted by atomic mass is 32.1. The monoisotopic (exact) mass is 377 g/mol. The summed E-state index contributed by atoms with van der Waals surface area (Å²) in [6.45, 7) is 4.11. The number of benzene rings is 2. The number of aromatic carboxylic acids is 1. The zero-order valence-electron chi connectivity index (χ0n) is 15.1. The van der Waals surface area contributed by atoms with Gasteiger partial charge in [-0.15, -0.1) is 11.3 Å². The van der Waals surface area contributed by atoms with Crippen LogP contribution in [0.1, 0.15) is 43.6 Å². The van der Waals surface area contributed by atoms with Crippen LogP contribution in [0.2, 0.25) is 0 Å². The fourth-order valence-corrected chi connectivity index (χ4v) is 4.81. The van der Waals surface area contributed by atoms with Crippen molar-refractivity contribution in [2.75, 3.05) is 5.32 Å². The van der Waals surface area contributed by atoms with Gasteiger partial charge in [-0.3, -0.25) is 4.79 Å². The van der Waals surface area contributed by atoms with Crippen molar-refractivity contribution >= 4 is 28.9 Å². The summed E-state index contributed by atoms with van der Waals surface area (Å²) in [5.74, 6) is -1.19. The molecule has 1 atom stereocenters. The van der Waals surface area contributed by atoms with E-state index in [1.54, 1.807) is 0 Å². The smallest absolute Gasteiger partial charge is 0.346 e. The molecule has 136 valence electrons. The van der Waals surface area contributed by atoms with Crippen LogP contribution in [0.4, 0.5) is 5.69 Å². The summed E-state index contributed by atoms with van der Waals surface area (Å²) >= 11 is 1.27. The van der Waals surface area contributed by atoms with E-state index in [4.69, 9.17) is 0 Å². The molecule has 27 heavy (non-hydrogen) atoms. The minimum absolute atomic E-state index is 0.0855. The molecule has 3 aromatic rings. The van der Waals surface area contributed by atoms with E-state index in [2.05, 4.69) is 31.3 Å². The van der Waals surface area contributed by atoms with E-state index in [-0.39, 0.29) is 16.7 Å². The number of anilines is 1. The van der Waals surface area contributed by atoms with Crippen LogP contribution in [0.15, 0.2) is 48.5 Å². The number of carbonyl (C=O) groups is 2. The second-order valence-electron chi connectivity index (χ2n) is 6.87. The summed E-state index contributed by atoms with van der Waals surface area (Å²) in [5, 5.41) is 12.7. The lowest BCUT2D eigenvalue weighted by atomic mass is 9.87. The Morgan fingerprint density at radius 3 is 2.52 bits per heavy atom. The van der Waals surface area contributed by atoms with Gasteiger partial charge in [-0.1, -0.05) is 48.5 Å². The highest BCUT2D eigenvalue weighted by Gasteiger charge is 2.34. The van der Waals surface area contributed by atoms with E-state index >= 15 is 0 Å². The molecule has 2 aromatic carbocycles. The quantitative estimate of drug-likeness (QED) is 0.659. The second-order valence-corrected chi connectivity index (χ2v) is 7.92. The van der Waals surface area contributed by atoms with E-state index in [1.165, 1.54) is 22.5 Å². The minimum atomic E-state index is -0.971. The Balaban J connectivity index is 1.94. The number of carbonyl (C=O) groups excluding carboxylic acids is 1. The first-order valence-electron chi connectivity index (χ1n) is 8.78. The van der Waals surface area contributed by atoms with Gasteiger partial charge in [0.25, 0.3) is 0 Å². The van der Waals surface area contributed by atoms with Crippen LogP contribution in [0.5, 0.6) is 0 Å². The maximum Gasteiger partial charge on any atom is 0.346 e. The Kier molecular flexibility index (Phi) is 4.32. The molecule has 4 nitrogen and oxygen atoms in total. The van der Waals surface area contributed by atoms with E-state index in [9.17, 15) is 14.7 Å². The molecule has 0 fully saturated rings. The van der Waals surface area contributed by atoms with Crippen LogP contribution in [0, 0.1) is 13.8 Å². The Bertz CT molecular complexity index is 1050. The first kappa shape index (κ1) is 17.5. The van der Waals surface area contributed by atoms with E-state index in [0.717, 1.165) is 16.0 Å². The maximum atomic E-state index is 12.5. The van der Waals surface area contributed by atoms with Crippen molar-refractivity contribution in [1.29, 1.82) is 0 Å². The molecule has 1 aliphatic heterocycles. The van der Waals surface area contributed by atoms with Crippen LogP contribution in [-0.2, 0) is 4.79 Å². The van der Waals surface area contributed by atoms with E-state index in [0.29, 0.717) is 17.7 Å². The number of hydrogen-bond donors (Lipinski definition) is 2. The average molecular weight is 377 g/mol. The van der Waals surface area contributed by atoms with Gasteiger partial charge in [0.15, 0.2) is 0 Å². The van der Waals surface area contributed by atoms with E-state index in [1.807, 2.05) is 36.4 Å². The molecule has 1 aliphatic rings. The number of carboxylic acids is 1. The van der Waals surface area contributed by atoms with Crippen molar-refractivity contribution in [1.82, 2.24) is 0 Å². The molecule has 0 saturated heterocycles. The highest BCUT2D eigenvalue weighted by Crippen LogP contribution is 2.49. The number of carboxylic acid groups (broad SMARTS) is 1. The van der Waals surface area contributed by atoms with Crippen LogP contribution in [0.25, 0.3) is 11.1 Å². The maximum absolute atomic E-state index is 12.5. The first-order chi connectivity index (χ1) is 13.0. The Hall–Kier alpha value is -2.92. The number of fused-ring (bicyclic) bond motifs is 1. The second kappa shape index (κ2) is 6.67. The molecule has 5 heteroatoms. The topological polar surface area (TPSA) is 66.4 Å². The van der Waals surface area contributed by atoms with Crippen molar-refractivity contribution in [3.05, 3.63) is 75.0 Å². The van der Waals surface area contributed by atoms with Crippen molar-refractivity contribution in [3.8, 4) is 11.1 Å². The minimum Gasteiger partial charge on any atom is -0.477 e. The third-order valence-electron chi connectivity index (χ3n) is 5.10. The fraction of sp³-hybridized carbons (Fsp3) is 0.182. The Morgan fingerprint density at radius 2 is 1.85 bits per heavy atom. The lowest BCUT2D eigenvalue weighted by Gasteiger charge is -2.24. The molecule has 4 rings (SSSR count). The number of hydrogen-bond acceptors (Lipinski definition) is 3. The lowest BCUT2D eigenvalue weighted by molar-refractivity contribution is -0.116. The van der Waals surface area contributed by atoms with Crippen LogP contribution >= 0.6 is 11.3 Å². The zero-order valence-corrected chi connectivity index (χ0v) is 15.9. The van der Waals surface area contributed by atoms with Gasteiger partial charge < -0.3 is 10.4 Å². The van der Waals surface area contributed by atoms with Crippen LogP contribution in [0.3, 0.4) is 0 Å². The molecule has 0 aliphatic carbocycles. The fourth-order valence-electron chi connectivity index (χ4n) is 3.57. The van der Waals surface area contributed by atoms with Gasteiger partial charge in [-0.05, 0) is 36.1 Å². The van der Waals surface area contributed by atoms with Crippen LogP contribution < -0.4 is 5.32 Å². The summed E-state index contributed by atoms with van der Waals surface area (Å²) < 4.78 is 0. The summed E-state index contributed by atoms with van der Waals surface area (Å²) in [4.78, 5) is 25.6. The number of amides is 1. The summed E-state index contributed by atoms with van der Waals surface area (Å²) in [7, 11) is 0. The molecular weight excluding hydrogens is 358 g/mol. The van der Waals surface area contributed by atoms with Crippen molar-refractivity contribution in [3.63, 3.8) is 0 Å². The predicted molar refractivity (Wildman–Crippen MR) is 108 cm³/mol. The molecule has 2 heterocycles. The molecule has 1 amide bonds. The Labute approximate surface area is 161 Å². The SMILES string of the molecule is Cc1ccc([C@@H]2CC(=O)Nc3c2sc(C(=O)O)c3-c2ccccc2)cc1C. The third kappa shape index (κ3) is 3.04. The lowest BCUT2D eigenvalue weighted by Crippen LogP contribution is -2.22. The molecule has 2 N–H and O–H groups in total. The highest BCUT2D eigenvalue weighted by molar-refractivity contribution is 7.15. The molecule has 0 bridgehead atoms. The molecule has 1 aromatic heterocycles. The molecule has 0 unspecified atom stereocenters. The van der Waals surface area contributed by atoms with Gasteiger partial charge >= 0.3 is 5.97 Å². The zero-order chi connectivity index (χ0) is 19.1. The van der Waals surface area contributed by atoms with Gasteiger partial charge in [-0.2, -0.15) is 0 Å². The standard InChI is InChI=1S/C22H19NO3S/c1-12-8-9-15(10-13(12)2)16-11-17(24)23-19-18(14-6-4-3-5-7-14)21(22(25)26)27-20(16)19/h3-10,16H,11H2,1-2H3,(H,23,24)(H,25,26)/t16-/m0/s1. The van der Waals surface area contributed by atoms with Gasteiger partial charge in [0.1, 0.15) is 4.88 Å². The first-order valence-corrected chi connectivity index (χ1v) is 9.59.